The minimum Gasteiger partial charge on any atom is -0.315 e. The highest BCUT2D eigenvalue weighted by Crippen LogP contribution is 2.21. The summed E-state index contributed by atoms with van der Waals surface area (Å²) < 4.78 is 50.3. The normalized spacial score (nSPS) is 21.8. The summed E-state index contributed by atoms with van der Waals surface area (Å²) in [4.78, 5) is 0. The fraction of sp³-hybridized carbons (Fsp3) is 1.00. The number of piperidine rings is 1. The molecule has 0 aromatic carbocycles. The molecule has 0 amide bonds. The van der Waals surface area contributed by atoms with Crippen LogP contribution in [0.3, 0.4) is 0 Å². The molecule has 0 bridgehead atoms. The van der Waals surface area contributed by atoms with Gasteiger partial charge in [-0.15, -0.1) is 0 Å². The van der Waals surface area contributed by atoms with E-state index < -0.39 is 20.0 Å². The summed E-state index contributed by atoms with van der Waals surface area (Å²) >= 11 is 0. The minimum atomic E-state index is -3.60. The average molecular weight is 341 g/mol. The van der Waals surface area contributed by atoms with Crippen LogP contribution in [0.5, 0.6) is 0 Å². The lowest BCUT2D eigenvalue weighted by Gasteiger charge is -2.37. The van der Waals surface area contributed by atoms with Crippen LogP contribution in [-0.4, -0.2) is 76.7 Å². The molecule has 0 radical (unpaired) electrons. The van der Waals surface area contributed by atoms with E-state index in [9.17, 15) is 16.8 Å². The maximum absolute atomic E-state index is 12.6. The second-order valence-corrected chi connectivity index (χ2v) is 9.77. The van der Waals surface area contributed by atoms with Gasteiger partial charge in [-0.05, 0) is 19.4 Å². The van der Waals surface area contributed by atoms with E-state index in [1.165, 1.54) is 11.4 Å². The van der Waals surface area contributed by atoms with Crippen molar-refractivity contribution in [2.45, 2.75) is 32.2 Å². The molecule has 1 aliphatic rings. The summed E-state index contributed by atoms with van der Waals surface area (Å²) in [6.45, 7) is 3.91. The van der Waals surface area contributed by atoms with E-state index in [0.717, 1.165) is 36.4 Å². The van der Waals surface area contributed by atoms with Crippen LogP contribution in [0.4, 0.5) is 0 Å². The molecule has 7 nitrogen and oxygen atoms in total. The van der Waals surface area contributed by atoms with Crippen molar-refractivity contribution in [3.8, 4) is 0 Å². The van der Waals surface area contributed by atoms with Gasteiger partial charge in [0.25, 0.3) is 10.2 Å². The zero-order chi connectivity index (χ0) is 16.1. The predicted octanol–water partition coefficient (Wildman–Crippen LogP) is -0.328. The third-order valence-corrected chi connectivity index (χ3v) is 6.64. The molecule has 1 unspecified atom stereocenters. The SMILES string of the molecule is CCNCC1CCCCN1S(=O)(=O)N(C)CCS(C)(=O)=O. The Morgan fingerprint density at radius 3 is 2.48 bits per heavy atom. The number of nitrogens with zero attached hydrogens (tertiary/aromatic N) is 2. The van der Waals surface area contributed by atoms with E-state index in [1.807, 2.05) is 6.92 Å². The molecule has 126 valence electrons. The molecule has 1 saturated heterocycles. The zero-order valence-corrected chi connectivity index (χ0v) is 14.7. The summed E-state index contributed by atoms with van der Waals surface area (Å²) in [7, 11) is -5.33. The van der Waals surface area contributed by atoms with Gasteiger partial charge >= 0.3 is 0 Å². The Morgan fingerprint density at radius 1 is 1.24 bits per heavy atom. The molecule has 0 aliphatic carbocycles. The van der Waals surface area contributed by atoms with E-state index in [2.05, 4.69) is 5.32 Å². The topological polar surface area (TPSA) is 86.8 Å². The lowest BCUT2D eigenvalue weighted by Crippen LogP contribution is -2.53. The third kappa shape index (κ3) is 5.82. The van der Waals surface area contributed by atoms with E-state index in [-0.39, 0.29) is 18.3 Å². The standard InChI is InChI=1S/C12H27N3O4S2/c1-4-13-11-12-7-5-6-8-15(12)21(18,19)14(2)9-10-20(3,16)17/h12-13H,4-11H2,1-3H3. The third-order valence-electron chi connectivity index (χ3n) is 3.67. The monoisotopic (exact) mass is 341 g/mol. The lowest BCUT2D eigenvalue weighted by atomic mass is 10.1. The first-order valence-corrected chi connectivity index (χ1v) is 10.8. The van der Waals surface area contributed by atoms with Crippen LogP contribution in [0, 0.1) is 0 Å². The van der Waals surface area contributed by atoms with Gasteiger partial charge in [-0.25, -0.2) is 8.42 Å². The Balaban J connectivity index is 2.77. The Kier molecular flexibility index (Phi) is 7.05. The maximum Gasteiger partial charge on any atom is 0.282 e. The van der Waals surface area contributed by atoms with Crippen LogP contribution in [-0.2, 0) is 20.0 Å². The molecule has 0 saturated carbocycles. The molecular weight excluding hydrogens is 314 g/mol. The molecule has 0 aromatic rings. The van der Waals surface area contributed by atoms with Gasteiger partial charge in [-0.3, -0.25) is 0 Å². The number of likely N-dealkylation sites (N-methyl/N-ethyl adjacent to an activating group) is 1. The van der Waals surface area contributed by atoms with Crippen molar-refractivity contribution in [2.24, 2.45) is 0 Å². The van der Waals surface area contributed by atoms with Crippen molar-refractivity contribution in [3.05, 3.63) is 0 Å². The van der Waals surface area contributed by atoms with E-state index in [1.54, 1.807) is 0 Å². The van der Waals surface area contributed by atoms with Crippen molar-refractivity contribution >= 4 is 20.0 Å². The number of hydrogen-bond donors (Lipinski definition) is 1. The highest BCUT2D eigenvalue weighted by Gasteiger charge is 2.34. The summed E-state index contributed by atoms with van der Waals surface area (Å²) in [6.07, 6.45) is 3.82. The smallest absolute Gasteiger partial charge is 0.282 e. The van der Waals surface area contributed by atoms with Crippen LogP contribution in [0.1, 0.15) is 26.2 Å². The molecule has 21 heavy (non-hydrogen) atoms. The second-order valence-electron chi connectivity index (χ2n) is 5.53. The Hall–Kier alpha value is -0.220. The summed E-state index contributed by atoms with van der Waals surface area (Å²) in [5.74, 6) is -0.158. The van der Waals surface area contributed by atoms with Gasteiger partial charge < -0.3 is 5.32 Å². The molecule has 0 spiro atoms. The van der Waals surface area contributed by atoms with E-state index in [4.69, 9.17) is 0 Å². The van der Waals surface area contributed by atoms with E-state index in [0.29, 0.717) is 13.1 Å². The number of nitrogens with one attached hydrogen (secondary N) is 1. The highest BCUT2D eigenvalue weighted by molar-refractivity contribution is 7.90. The van der Waals surface area contributed by atoms with Gasteiger partial charge in [0, 0.05) is 39.0 Å². The largest absolute Gasteiger partial charge is 0.315 e. The van der Waals surface area contributed by atoms with Gasteiger partial charge in [-0.1, -0.05) is 13.3 Å². The zero-order valence-electron chi connectivity index (χ0n) is 13.1. The van der Waals surface area contributed by atoms with Gasteiger partial charge in [0.05, 0.1) is 5.75 Å². The van der Waals surface area contributed by atoms with Crippen LogP contribution >= 0.6 is 0 Å². The van der Waals surface area contributed by atoms with Crippen LogP contribution in [0.25, 0.3) is 0 Å². The Bertz CT molecular complexity index is 519. The van der Waals surface area contributed by atoms with Crippen molar-refractivity contribution in [2.75, 3.05) is 45.2 Å². The first-order chi connectivity index (χ1) is 9.68. The molecule has 1 N–H and O–H groups in total. The maximum atomic E-state index is 12.6. The molecule has 1 aliphatic heterocycles. The number of hydrogen-bond acceptors (Lipinski definition) is 5. The van der Waals surface area contributed by atoms with Crippen molar-refractivity contribution < 1.29 is 16.8 Å². The molecule has 1 heterocycles. The highest BCUT2D eigenvalue weighted by atomic mass is 32.2. The number of rotatable bonds is 8. The quantitative estimate of drug-likeness (QED) is 0.653. The molecule has 1 atom stereocenters. The van der Waals surface area contributed by atoms with Gasteiger partial charge in [0.2, 0.25) is 0 Å². The lowest BCUT2D eigenvalue weighted by molar-refractivity contribution is 0.232. The first-order valence-electron chi connectivity index (χ1n) is 7.30. The van der Waals surface area contributed by atoms with Gasteiger partial charge in [0.1, 0.15) is 9.84 Å². The van der Waals surface area contributed by atoms with Gasteiger partial charge in [0.15, 0.2) is 0 Å². The summed E-state index contributed by atoms with van der Waals surface area (Å²) in [6, 6.07) is -0.0515. The van der Waals surface area contributed by atoms with Crippen molar-refractivity contribution in [1.29, 1.82) is 0 Å². The molecular formula is C12H27N3O4S2. The van der Waals surface area contributed by atoms with E-state index >= 15 is 0 Å². The van der Waals surface area contributed by atoms with Gasteiger partial charge in [-0.2, -0.15) is 17.0 Å². The Morgan fingerprint density at radius 2 is 1.90 bits per heavy atom. The Labute approximate surface area is 128 Å². The molecule has 1 fully saturated rings. The summed E-state index contributed by atoms with van der Waals surface area (Å²) in [5, 5.41) is 3.19. The molecule has 0 aromatic heterocycles. The minimum absolute atomic E-state index is 0.00834. The average Bonchev–Trinajstić information content (AvgIpc) is 2.41. The molecule has 9 heteroatoms. The van der Waals surface area contributed by atoms with Crippen molar-refractivity contribution in [3.63, 3.8) is 0 Å². The first kappa shape index (κ1) is 18.8. The van der Waals surface area contributed by atoms with Crippen LogP contribution in [0.2, 0.25) is 0 Å². The summed E-state index contributed by atoms with van der Waals surface area (Å²) in [5.41, 5.74) is 0. The number of sulfone groups is 1. The fourth-order valence-corrected chi connectivity index (χ4v) is 4.70. The van der Waals surface area contributed by atoms with Crippen LogP contribution in [0.15, 0.2) is 0 Å². The second kappa shape index (κ2) is 7.87. The predicted molar refractivity (Wildman–Crippen MR) is 84.1 cm³/mol. The molecule has 1 rings (SSSR count). The van der Waals surface area contributed by atoms with Crippen LogP contribution < -0.4 is 5.32 Å². The van der Waals surface area contributed by atoms with Crippen molar-refractivity contribution in [1.82, 2.24) is 13.9 Å². The fourth-order valence-electron chi connectivity index (χ4n) is 2.38.